The Bertz CT molecular complexity index is 688. The van der Waals surface area contributed by atoms with E-state index in [1.807, 2.05) is 6.92 Å². The van der Waals surface area contributed by atoms with Crippen LogP contribution in [0.15, 0.2) is 24.4 Å². The van der Waals surface area contributed by atoms with Crippen LogP contribution in [0.3, 0.4) is 0 Å². The van der Waals surface area contributed by atoms with Crippen molar-refractivity contribution in [3.63, 3.8) is 0 Å². The molecule has 7 nitrogen and oxygen atoms in total. The molecule has 0 aliphatic rings. The highest BCUT2D eigenvalue weighted by molar-refractivity contribution is 5.93. The highest BCUT2D eigenvalue weighted by Crippen LogP contribution is 2.32. The maximum Gasteiger partial charge on any atom is 0.341 e. The van der Waals surface area contributed by atoms with Crippen LogP contribution in [-0.2, 0) is 0 Å². The van der Waals surface area contributed by atoms with Gasteiger partial charge < -0.3 is 19.9 Å². The van der Waals surface area contributed by atoms with E-state index in [1.165, 1.54) is 6.20 Å². The van der Waals surface area contributed by atoms with E-state index in [0.29, 0.717) is 29.4 Å². The number of hydrogen-bond donors (Lipinski definition) is 2. The third-order valence-corrected chi connectivity index (χ3v) is 3.01. The number of nitrogens with one attached hydrogen (secondary N) is 1. The van der Waals surface area contributed by atoms with Crippen molar-refractivity contribution < 1.29 is 19.4 Å². The number of carboxylic acid groups (broad SMARTS) is 1. The molecule has 0 unspecified atom stereocenters. The van der Waals surface area contributed by atoms with E-state index in [1.54, 1.807) is 32.4 Å². The minimum Gasteiger partial charge on any atom is -0.497 e. The molecule has 0 aliphatic carbocycles. The Labute approximate surface area is 127 Å². The fourth-order valence-electron chi connectivity index (χ4n) is 1.96. The Morgan fingerprint density at radius 2 is 2.09 bits per heavy atom. The quantitative estimate of drug-likeness (QED) is 0.845. The molecule has 7 heteroatoms. The maximum absolute atomic E-state index is 11.2. The van der Waals surface area contributed by atoms with Gasteiger partial charge in [-0.2, -0.15) is 0 Å². The van der Waals surface area contributed by atoms with Gasteiger partial charge in [-0.1, -0.05) is 0 Å². The predicted octanol–water partition coefficient (Wildman–Crippen LogP) is 2.29. The number of hydrogen-bond acceptors (Lipinski definition) is 6. The zero-order valence-corrected chi connectivity index (χ0v) is 12.6. The fraction of sp³-hybridized carbons (Fsp3) is 0.267. The number of carbonyl (C=O) groups is 1. The molecule has 2 rings (SSSR count). The molecule has 116 valence electrons. The second kappa shape index (κ2) is 6.75. The Kier molecular flexibility index (Phi) is 4.77. The highest BCUT2D eigenvalue weighted by Gasteiger charge is 2.16. The molecule has 0 radical (unpaired) electrons. The summed E-state index contributed by atoms with van der Waals surface area (Å²) < 4.78 is 10.5. The zero-order valence-electron chi connectivity index (χ0n) is 12.6. The summed E-state index contributed by atoms with van der Waals surface area (Å²) in [6.45, 7) is 2.41. The molecule has 0 saturated heterocycles. The Morgan fingerprint density at radius 3 is 2.68 bits per heavy atom. The minimum atomic E-state index is -1.08. The average Bonchev–Trinajstić information content (AvgIpc) is 2.54. The van der Waals surface area contributed by atoms with Gasteiger partial charge in [0, 0.05) is 12.7 Å². The molecule has 1 aromatic heterocycles. The summed E-state index contributed by atoms with van der Waals surface area (Å²) in [6, 6.07) is 5.25. The lowest BCUT2D eigenvalue weighted by Gasteiger charge is -2.12. The third-order valence-electron chi connectivity index (χ3n) is 3.01. The Morgan fingerprint density at radius 1 is 1.32 bits per heavy atom. The maximum atomic E-state index is 11.2. The van der Waals surface area contributed by atoms with Crippen molar-refractivity contribution in [2.75, 3.05) is 26.1 Å². The normalized spacial score (nSPS) is 10.1. The molecule has 22 heavy (non-hydrogen) atoms. The second-order valence-electron chi connectivity index (χ2n) is 4.36. The minimum absolute atomic E-state index is 0.0208. The first-order valence-corrected chi connectivity index (χ1v) is 6.67. The summed E-state index contributed by atoms with van der Waals surface area (Å²) in [7, 11) is 3.10. The molecule has 0 fully saturated rings. The number of ether oxygens (including phenoxy) is 2. The largest absolute Gasteiger partial charge is 0.497 e. The van der Waals surface area contributed by atoms with Crippen LogP contribution in [0.25, 0.3) is 11.4 Å². The van der Waals surface area contributed by atoms with Gasteiger partial charge in [-0.15, -0.1) is 0 Å². The van der Waals surface area contributed by atoms with Crippen molar-refractivity contribution in [3.05, 3.63) is 30.0 Å². The average molecular weight is 303 g/mol. The summed E-state index contributed by atoms with van der Waals surface area (Å²) in [6.07, 6.45) is 1.28. The number of aromatic carboxylic acids is 1. The van der Waals surface area contributed by atoms with Gasteiger partial charge in [-0.05, 0) is 25.1 Å². The molecule has 0 aliphatic heterocycles. The van der Waals surface area contributed by atoms with Crippen LogP contribution in [0.4, 0.5) is 5.82 Å². The van der Waals surface area contributed by atoms with Crippen molar-refractivity contribution in [2.45, 2.75) is 6.92 Å². The molecule has 0 atom stereocenters. The molecular weight excluding hydrogens is 286 g/mol. The van der Waals surface area contributed by atoms with Crippen LogP contribution < -0.4 is 14.8 Å². The summed E-state index contributed by atoms with van der Waals surface area (Å²) in [5.74, 6) is 0.750. The lowest BCUT2D eigenvalue weighted by Crippen LogP contribution is -2.10. The van der Waals surface area contributed by atoms with Crippen LogP contribution in [0.1, 0.15) is 17.3 Å². The number of rotatable bonds is 6. The number of benzene rings is 1. The summed E-state index contributed by atoms with van der Waals surface area (Å²) in [4.78, 5) is 19.6. The first-order valence-electron chi connectivity index (χ1n) is 6.67. The first kappa shape index (κ1) is 15.6. The van der Waals surface area contributed by atoms with E-state index < -0.39 is 5.97 Å². The SMILES string of the molecule is CCNc1nc(-c2cc(OC)ccc2OC)ncc1C(=O)O. The van der Waals surface area contributed by atoms with Crippen molar-refractivity contribution in [1.29, 1.82) is 0 Å². The van der Waals surface area contributed by atoms with Gasteiger partial charge in [0.05, 0.1) is 19.8 Å². The monoisotopic (exact) mass is 303 g/mol. The molecule has 2 N–H and O–H groups in total. The van der Waals surface area contributed by atoms with Crippen LogP contribution in [0.5, 0.6) is 11.5 Å². The van der Waals surface area contributed by atoms with Crippen molar-refractivity contribution in [1.82, 2.24) is 9.97 Å². The smallest absolute Gasteiger partial charge is 0.341 e. The standard InChI is InChI=1S/C15H17N3O4/c1-4-16-14-11(15(19)20)8-17-13(18-14)10-7-9(21-2)5-6-12(10)22-3/h5-8H,4H2,1-3H3,(H,19,20)(H,16,17,18). The Balaban J connectivity index is 2.57. The third kappa shape index (κ3) is 3.08. The van der Waals surface area contributed by atoms with Gasteiger partial charge in [0.1, 0.15) is 22.9 Å². The van der Waals surface area contributed by atoms with E-state index in [-0.39, 0.29) is 11.4 Å². The lowest BCUT2D eigenvalue weighted by molar-refractivity contribution is 0.0697. The molecule has 0 bridgehead atoms. The van der Waals surface area contributed by atoms with Gasteiger partial charge in [0.2, 0.25) is 0 Å². The molecule has 1 aromatic carbocycles. The van der Waals surface area contributed by atoms with Crippen LogP contribution in [0, 0.1) is 0 Å². The van der Waals surface area contributed by atoms with Crippen molar-refractivity contribution >= 4 is 11.8 Å². The first-order chi connectivity index (χ1) is 10.6. The molecule has 0 amide bonds. The van der Waals surface area contributed by atoms with Crippen LogP contribution in [0.2, 0.25) is 0 Å². The van der Waals surface area contributed by atoms with Crippen molar-refractivity contribution in [3.8, 4) is 22.9 Å². The van der Waals surface area contributed by atoms with E-state index in [4.69, 9.17) is 9.47 Å². The topological polar surface area (TPSA) is 93.6 Å². The summed E-state index contributed by atoms with van der Waals surface area (Å²) in [5, 5.41) is 12.1. The molecular formula is C15H17N3O4. The molecule has 2 aromatic rings. The van der Waals surface area contributed by atoms with Crippen LogP contribution in [-0.4, -0.2) is 41.8 Å². The van der Waals surface area contributed by atoms with E-state index in [0.717, 1.165) is 0 Å². The molecule has 1 heterocycles. The summed E-state index contributed by atoms with van der Waals surface area (Å²) in [5.41, 5.74) is 0.644. The van der Waals surface area contributed by atoms with Gasteiger partial charge in [-0.25, -0.2) is 14.8 Å². The number of nitrogens with zero attached hydrogens (tertiary/aromatic N) is 2. The Hall–Kier alpha value is -2.83. The van der Waals surface area contributed by atoms with E-state index in [2.05, 4.69) is 15.3 Å². The highest BCUT2D eigenvalue weighted by atomic mass is 16.5. The van der Waals surface area contributed by atoms with Gasteiger partial charge in [-0.3, -0.25) is 0 Å². The number of anilines is 1. The van der Waals surface area contributed by atoms with Crippen molar-refractivity contribution in [2.24, 2.45) is 0 Å². The van der Waals surface area contributed by atoms with E-state index in [9.17, 15) is 9.90 Å². The van der Waals surface area contributed by atoms with E-state index >= 15 is 0 Å². The number of carboxylic acids is 1. The number of aromatic nitrogens is 2. The molecule has 0 saturated carbocycles. The number of methoxy groups -OCH3 is 2. The second-order valence-corrected chi connectivity index (χ2v) is 4.36. The van der Waals surface area contributed by atoms with Crippen LogP contribution >= 0.6 is 0 Å². The lowest BCUT2D eigenvalue weighted by atomic mass is 10.1. The van der Waals surface area contributed by atoms with Gasteiger partial charge in [0.25, 0.3) is 0 Å². The molecule has 0 spiro atoms. The van der Waals surface area contributed by atoms with Gasteiger partial charge in [0.15, 0.2) is 5.82 Å². The predicted molar refractivity (Wildman–Crippen MR) is 81.7 cm³/mol. The fourth-order valence-corrected chi connectivity index (χ4v) is 1.96. The van der Waals surface area contributed by atoms with Gasteiger partial charge >= 0.3 is 5.97 Å². The zero-order chi connectivity index (χ0) is 16.1. The summed E-state index contributed by atoms with van der Waals surface area (Å²) >= 11 is 0.